The molecule has 0 bridgehead atoms. The Hall–Kier alpha value is -1.99. The van der Waals surface area contributed by atoms with Crippen molar-refractivity contribution in [1.29, 1.82) is 0 Å². The molecule has 0 saturated carbocycles. The van der Waals surface area contributed by atoms with Crippen molar-refractivity contribution in [3.05, 3.63) is 22.7 Å². The molecule has 0 heterocycles. The molecule has 0 aliphatic carbocycles. The highest BCUT2D eigenvalue weighted by atomic mass is 35.5. The molecule has 0 unspecified atom stereocenters. The number of primary amides is 1. The minimum Gasteiger partial charge on any atom is -0.493 e. The van der Waals surface area contributed by atoms with Crippen LogP contribution in [0.15, 0.2) is 12.1 Å². The Balaban J connectivity index is 2.92. The van der Waals surface area contributed by atoms with E-state index in [9.17, 15) is 9.59 Å². The van der Waals surface area contributed by atoms with E-state index in [0.717, 1.165) is 5.56 Å². The number of halogens is 1. The highest BCUT2D eigenvalue weighted by Crippen LogP contribution is 2.36. The van der Waals surface area contributed by atoms with E-state index >= 15 is 0 Å². The van der Waals surface area contributed by atoms with E-state index in [1.165, 1.54) is 7.11 Å². The third kappa shape index (κ3) is 5.49. The number of carbonyl (C=O) groups is 2. The van der Waals surface area contributed by atoms with Gasteiger partial charge in [-0.15, -0.1) is 0 Å². The van der Waals surface area contributed by atoms with Crippen LogP contribution in [0.5, 0.6) is 11.5 Å². The molecule has 21 heavy (non-hydrogen) atoms. The van der Waals surface area contributed by atoms with Crippen molar-refractivity contribution in [2.45, 2.75) is 6.54 Å². The van der Waals surface area contributed by atoms with Crippen molar-refractivity contribution in [3.8, 4) is 11.5 Å². The molecular weight excluding hydrogens is 300 g/mol. The van der Waals surface area contributed by atoms with Crippen LogP contribution in [0.3, 0.4) is 0 Å². The standard InChI is InChI=1S/C13H17ClN2O5/c1-16(6-12(18)19)5-8-3-9(14)13(10(4-8)20-2)21-7-11(15)17/h3-4H,5-7H2,1-2H3,(H2,15,17)(H,18,19). The van der Waals surface area contributed by atoms with E-state index in [-0.39, 0.29) is 23.9 Å². The molecule has 0 fully saturated rings. The number of likely N-dealkylation sites (N-methyl/N-ethyl adjacent to an activating group) is 1. The van der Waals surface area contributed by atoms with Crippen molar-refractivity contribution in [2.75, 3.05) is 27.3 Å². The van der Waals surface area contributed by atoms with E-state index in [1.54, 1.807) is 24.1 Å². The first-order valence-electron chi connectivity index (χ1n) is 6.01. The number of benzene rings is 1. The molecule has 116 valence electrons. The van der Waals surface area contributed by atoms with Gasteiger partial charge in [0.15, 0.2) is 18.1 Å². The molecule has 0 atom stereocenters. The Kier molecular flexibility index (Phi) is 6.26. The predicted molar refractivity (Wildman–Crippen MR) is 76.7 cm³/mol. The number of nitrogens with two attached hydrogens (primary N) is 1. The van der Waals surface area contributed by atoms with Gasteiger partial charge >= 0.3 is 5.97 Å². The molecule has 1 rings (SSSR count). The molecule has 0 aromatic heterocycles. The Morgan fingerprint density at radius 3 is 2.62 bits per heavy atom. The lowest BCUT2D eigenvalue weighted by Crippen LogP contribution is -2.25. The van der Waals surface area contributed by atoms with Crippen LogP contribution in [-0.4, -0.2) is 49.2 Å². The second-order valence-corrected chi connectivity index (χ2v) is 4.84. The molecular formula is C13H17ClN2O5. The van der Waals surface area contributed by atoms with Gasteiger partial charge in [-0.25, -0.2) is 0 Å². The average Bonchev–Trinajstić information content (AvgIpc) is 2.35. The quantitative estimate of drug-likeness (QED) is 0.733. The number of methoxy groups -OCH3 is 1. The summed E-state index contributed by atoms with van der Waals surface area (Å²) in [6.45, 7) is -0.0350. The van der Waals surface area contributed by atoms with Gasteiger partial charge in [0.1, 0.15) is 0 Å². The highest BCUT2D eigenvalue weighted by Gasteiger charge is 2.14. The summed E-state index contributed by atoms with van der Waals surface area (Å²) in [4.78, 5) is 23.0. The number of nitrogens with zero attached hydrogens (tertiary/aromatic N) is 1. The van der Waals surface area contributed by atoms with Crippen LogP contribution < -0.4 is 15.2 Å². The molecule has 3 N–H and O–H groups in total. The number of ether oxygens (including phenoxy) is 2. The topological polar surface area (TPSA) is 102 Å². The molecule has 8 heteroatoms. The summed E-state index contributed by atoms with van der Waals surface area (Å²) in [6.07, 6.45) is 0. The first-order chi connectivity index (χ1) is 9.83. The largest absolute Gasteiger partial charge is 0.493 e. The molecule has 0 aliphatic heterocycles. The lowest BCUT2D eigenvalue weighted by molar-refractivity contribution is -0.138. The molecule has 1 amide bonds. The second kappa shape index (κ2) is 7.70. The van der Waals surface area contributed by atoms with Crippen LogP contribution in [0.4, 0.5) is 0 Å². The Labute approximate surface area is 127 Å². The van der Waals surface area contributed by atoms with Gasteiger partial charge in [0.25, 0.3) is 5.91 Å². The first kappa shape index (κ1) is 17.1. The third-order valence-corrected chi connectivity index (χ3v) is 2.79. The monoisotopic (exact) mass is 316 g/mol. The summed E-state index contributed by atoms with van der Waals surface area (Å²) < 4.78 is 10.4. The van der Waals surface area contributed by atoms with Gasteiger partial charge < -0.3 is 20.3 Å². The van der Waals surface area contributed by atoms with Gasteiger partial charge in [0, 0.05) is 6.54 Å². The van der Waals surface area contributed by atoms with E-state index in [4.69, 9.17) is 31.9 Å². The minimum absolute atomic E-state index is 0.0974. The number of carbonyl (C=O) groups excluding carboxylic acids is 1. The van der Waals surface area contributed by atoms with Crippen molar-refractivity contribution in [1.82, 2.24) is 4.90 Å². The molecule has 0 radical (unpaired) electrons. The smallest absolute Gasteiger partial charge is 0.317 e. The zero-order valence-electron chi connectivity index (χ0n) is 11.8. The second-order valence-electron chi connectivity index (χ2n) is 4.43. The van der Waals surface area contributed by atoms with Gasteiger partial charge in [0.2, 0.25) is 0 Å². The van der Waals surface area contributed by atoms with E-state index in [0.29, 0.717) is 12.3 Å². The maximum Gasteiger partial charge on any atom is 0.317 e. The van der Waals surface area contributed by atoms with E-state index in [2.05, 4.69) is 0 Å². The third-order valence-electron chi connectivity index (χ3n) is 2.51. The normalized spacial score (nSPS) is 10.5. The number of hydrogen-bond donors (Lipinski definition) is 2. The zero-order valence-corrected chi connectivity index (χ0v) is 12.5. The van der Waals surface area contributed by atoms with Crippen LogP contribution in [-0.2, 0) is 16.1 Å². The molecule has 0 saturated heterocycles. The Morgan fingerprint density at radius 1 is 1.43 bits per heavy atom. The van der Waals surface area contributed by atoms with Gasteiger partial charge in [0.05, 0.1) is 18.7 Å². The first-order valence-corrected chi connectivity index (χ1v) is 6.39. The fourth-order valence-corrected chi connectivity index (χ4v) is 2.03. The number of hydrogen-bond acceptors (Lipinski definition) is 5. The molecule has 1 aromatic carbocycles. The van der Waals surface area contributed by atoms with E-state index in [1.807, 2.05) is 0 Å². The lowest BCUT2D eigenvalue weighted by atomic mass is 10.2. The number of aliphatic carboxylic acids is 1. The summed E-state index contributed by atoms with van der Waals surface area (Å²) in [5.41, 5.74) is 5.77. The summed E-state index contributed by atoms with van der Waals surface area (Å²) >= 11 is 6.09. The molecule has 1 aromatic rings. The maximum absolute atomic E-state index is 10.7. The van der Waals surface area contributed by atoms with Gasteiger partial charge in [-0.05, 0) is 24.7 Å². The molecule has 0 spiro atoms. The maximum atomic E-state index is 10.7. The Morgan fingerprint density at radius 2 is 2.10 bits per heavy atom. The van der Waals surface area contributed by atoms with Crippen molar-refractivity contribution >= 4 is 23.5 Å². The summed E-state index contributed by atoms with van der Waals surface area (Å²) in [7, 11) is 3.11. The lowest BCUT2D eigenvalue weighted by Gasteiger charge is -2.17. The minimum atomic E-state index is -0.919. The summed E-state index contributed by atoms with van der Waals surface area (Å²) in [5.74, 6) is -0.972. The zero-order chi connectivity index (χ0) is 16.0. The van der Waals surface area contributed by atoms with Crippen molar-refractivity contribution in [3.63, 3.8) is 0 Å². The fourth-order valence-electron chi connectivity index (χ4n) is 1.75. The number of carboxylic acid groups (broad SMARTS) is 1. The number of amides is 1. The van der Waals surface area contributed by atoms with Gasteiger partial charge in [-0.3, -0.25) is 14.5 Å². The van der Waals surface area contributed by atoms with Crippen LogP contribution in [0.25, 0.3) is 0 Å². The Bertz CT molecular complexity index is 536. The summed E-state index contributed by atoms with van der Waals surface area (Å²) in [6, 6.07) is 3.29. The van der Waals surface area contributed by atoms with Crippen LogP contribution in [0.2, 0.25) is 5.02 Å². The van der Waals surface area contributed by atoms with Crippen LogP contribution in [0.1, 0.15) is 5.56 Å². The molecule has 0 aliphatic rings. The average molecular weight is 317 g/mol. The summed E-state index contributed by atoms with van der Waals surface area (Å²) in [5, 5.41) is 8.99. The SMILES string of the molecule is COc1cc(CN(C)CC(=O)O)cc(Cl)c1OCC(N)=O. The van der Waals surface area contributed by atoms with Gasteiger partial charge in [-0.1, -0.05) is 11.6 Å². The van der Waals surface area contributed by atoms with Crippen molar-refractivity contribution in [2.24, 2.45) is 5.73 Å². The molecule has 7 nitrogen and oxygen atoms in total. The fraction of sp³-hybridized carbons (Fsp3) is 0.385. The van der Waals surface area contributed by atoms with Crippen molar-refractivity contribution < 1.29 is 24.2 Å². The number of carboxylic acids is 1. The highest BCUT2D eigenvalue weighted by molar-refractivity contribution is 6.32. The predicted octanol–water partition coefficient (Wildman–Crippen LogP) is 0.729. The van der Waals surface area contributed by atoms with Crippen LogP contribution in [0, 0.1) is 0 Å². The number of rotatable bonds is 8. The van der Waals surface area contributed by atoms with Gasteiger partial charge in [-0.2, -0.15) is 0 Å². The van der Waals surface area contributed by atoms with Crippen LogP contribution >= 0.6 is 11.6 Å². The van der Waals surface area contributed by atoms with E-state index < -0.39 is 11.9 Å².